The minimum atomic E-state index is 0. The number of rotatable bonds is 4. The summed E-state index contributed by atoms with van der Waals surface area (Å²) < 4.78 is 5.96. The van der Waals surface area contributed by atoms with E-state index >= 15 is 0 Å². The summed E-state index contributed by atoms with van der Waals surface area (Å²) in [4.78, 5) is 13.5. The van der Waals surface area contributed by atoms with Crippen molar-refractivity contribution < 1.29 is 16.8 Å². The molecule has 0 saturated heterocycles. The van der Waals surface area contributed by atoms with Crippen molar-refractivity contribution in [2.75, 3.05) is 5.32 Å². The molecule has 0 bridgehead atoms. The van der Waals surface area contributed by atoms with E-state index in [9.17, 15) is 0 Å². The van der Waals surface area contributed by atoms with Gasteiger partial charge in [-0.3, -0.25) is 4.98 Å². The van der Waals surface area contributed by atoms with Crippen LogP contribution in [-0.2, 0) is 13.0 Å². The smallest absolute Gasteiger partial charge is 0.196 e. The third-order valence-corrected chi connectivity index (χ3v) is 3.75. The van der Waals surface area contributed by atoms with Gasteiger partial charge in [0.1, 0.15) is 16.9 Å². The van der Waals surface area contributed by atoms with E-state index in [1.54, 1.807) is 6.20 Å². The number of fused-ring (bicyclic) bond motifs is 3. The number of hydrogen-bond acceptors (Lipinski definition) is 5. The molecule has 5 nitrogen and oxygen atoms in total. The highest BCUT2D eigenvalue weighted by Crippen LogP contribution is 2.31. The molecule has 0 aliphatic carbocycles. The maximum absolute atomic E-state index is 5.96. The van der Waals surface area contributed by atoms with Gasteiger partial charge < -0.3 is 22.1 Å². The molecule has 122 valence electrons. The van der Waals surface area contributed by atoms with Crippen LogP contribution < -0.4 is 17.7 Å². The predicted molar refractivity (Wildman–Crippen MR) is 90.3 cm³/mol. The second kappa shape index (κ2) is 6.84. The third-order valence-electron chi connectivity index (χ3n) is 3.75. The summed E-state index contributed by atoms with van der Waals surface area (Å²) in [5, 5.41) is 4.35. The van der Waals surface area contributed by atoms with Crippen LogP contribution in [0.25, 0.3) is 22.1 Å². The van der Waals surface area contributed by atoms with Gasteiger partial charge in [-0.15, -0.1) is 0 Å². The Morgan fingerprint density at radius 1 is 1.04 bits per heavy atom. The van der Waals surface area contributed by atoms with E-state index in [0.29, 0.717) is 17.9 Å². The van der Waals surface area contributed by atoms with Crippen LogP contribution in [0.4, 0.5) is 5.82 Å². The van der Waals surface area contributed by atoms with Gasteiger partial charge in [-0.2, -0.15) is 0 Å². The number of benzene rings is 1. The number of aromatic nitrogens is 3. The van der Waals surface area contributed by atoms with Crippen molar-refractivity contribution in [2.45, 2.75) is 19.9 Å². The largest absolute Gasteiger partial charge is 1.00 e. The van der Waals surface area contributed by atoms with E-state index in [1.165, 1.54) is 0 Å². The Kier molecular flexibility index (Phi) is 4.62. The molecule has 0 fully saturated rings. The standard InChI is InChI=1S/C18H16N4O.ClH/c1-2-15-21-16-13-8-3-4-9-14(13)23-17(16)18(22-15)20-11-12-7-5-6-10-19-12;/h3-10H,2,11H2,1H3,(H,20,21,22);1H/p-1. The maximum atomic E-state index is 5.96. The van der Waals surface area contributed by atoms with Crippen LogP contribution in [0.1, 0.15) is 18.4 Å². The number of nitrogens with one attached hydrogen (secondary N) is 1. The van der Waals surface area contributed by atoms with Crippen LogP contribution in [0.15, 0.2) is 53.1 Å². The number of pyridine rings is 1. The molecule has 6 heteroatoms. The first-order chi connectivity index (χ1) is 11.3. The molecule has 0 amide bonds. The van der Waals surface area contributed by atoms with Crippen molar-refractivity contribution in [3.8, 4) is 0 Å². The number of furan rings is 1. The highest BCUT2D eigenvalue weighted by Gasteiger charge is 2.14. The van der Waals surface area contributed by atoms with Gasteiger partial charge in [0.2, 0.25) is 0 Å². The lowest BCUT2D eigenvalue weighted by Gasteiger charge is -2.07. The van der Waals surface area contributed by atoms with Crippen molar-refractivity contribution >= 4 is 27.9 Å². The summed E-state index contributed by atoms with van der Waals surface area (Å²) in [5.41, 5.74) is 3.33. The summed E-state index contributed by atoms with van der Waals surface area (Å²) in [6.07, 6.45) is 2.55. The van der Waals surface area contributed by atoms with Crippen LogP contribution in [0.5, 0.6) is 0 Å². The number of hydrogen-bond donors (Lipinski definition) is 1. The molecule has 0 saturated carbocycles. The highest BCUT2D eigenvalue weighted by atomic mass is 35.5. The van der Waals surface area contributed by atoms with Gasteiger partial charge in [0.05, 0.1) is 12.2 Å². The molecule has 1 aromatic carbocycles. The zero-order valence-corrected chi connectivity index (χ0v) is 13.9. The van der Waals surface area contributed by atoms with E-state index in [-0.39, 0.29) is 12.4 Å². The highest BCUT2D eigenvalue weighted by molar-refractivity contribution is 6.05. The summed E-state index contributed by atoms with van der Waals surface area (Å²) in [6, 6.07) is 13.8. The van der Waals surface area contributed by atoms with Gasteiger partial charge in [0.25, 0.3) is 0 Å². The molecule has 4 aromatic rings. The molecular formula is C18H16ClN4O-. The number of aryl methyl sites for hydroxylation is 1. The van der Waals surface area contributed by atoms with E-state index in [2.05, 4.69) is 20.3 Å². The second-order valence-electron chi connectivity index (χ2n) is 5.29. The lowest BCUT2D eigenvalue weighted by Crippen LogP contribution is -3.00. The molecular weight excluding hydrogens is 324 g/mol. The Hall–Kier alpha value is -2.66. The molecule has 0 radical (unpaired) electrons. The minimum Gasteiger partial charge on any atom is -1.00 e. The molecule has 0 aliphatic heterocycles. The van der Waals surface area contributed by atoms with E-state index in [4.69, 9.17) is 4.42 Å². The molecule has 3 heterocycles. The lowest BCUT2D eigenvalue weighted by molar-refractivity contribution is -0.00000528. The first kappa shape index (κ1) is 16.2. The maximum Gasteiger partial charge on any atom is 0.196 e. The average molecular weight is 340 g/mol. The van der Waals surface area contributed by atoms with Gasteiger partial charge in [-0.25, -0.2) is 9.97 Å². The van der Waals surface area contributed by atoms with Crippen LogP contribution >= 0.6 is 0 Å². The lowest BCUT2D eigenvalue weighted by atomic mass is 10.2. The molecule has 4 rings (SSSR count). The Morgan fingerprint density at radius 2 is 1.88 bits per heavy atom. The predicted octanol–water partition coefficient (Wildman–Crippen LogP) is 0.949. The number of anilines is 1. The molecule has 0 atom stereocenters. The van der Waals surface area contributed by atoms with E-state index < -0.39 is 0 Å². The molecule has 3 aromatic heterocycles. The third kappa shape index (κ3) is 2.90. The van der Waals surface area contributed by atoms with Crippen molar-refractivity contribution in [1.82, 2.24) is 15.0 Å². The summed E-state index contributed by atoms with van der Waals surface area (Å²) in [6.45, 7) is 2.64. The van der Waals surface area contributed by atoms with Crippen molar-refractivity contribution in [1.29, 1.82) is 0 Å². The normalized spacial score (nSPS) is 10.7. The van der Waals surface area contributed by atoms with Gasteiger partial charge in [-0.05, 0) is 24.3 Å². The van der Waals surface area contributed by atoms with Gasteiger partial charge in [0.15, 0.2) is 11.4 Å². The summed E-state index contributed by atoms with van der Waals surface area (Å²) in [5.74, 6) is 1.52. The zero-order chi connectivity index (χ0) is 15.6. The van der Waals surface area contributed by atoms with E-state index in [1.807, 2.05) is 49.4 Å². The molecule has 24 heavy (non-hydrogen) atoms. The van der Waals surface area contributed by atoms with Crippen molar-refractivity contribution in [2.24, 2.45) is 0 Å². The van der Waals surface area contributed by atoms with E-state index in [0.717, 1.165) is 34.4 Å². The average Bonchev–Trinajstić information content (AvgIpc) is 2.99. The van der Waals surface area contributed by atoms with Gasteiger partial charge >= 0.3 is 0 Å². The van der Waals surface area contributed by atoms with Crippen LogP contribution in [0.2, 0.25) is 0 Å². The second-order valence-corrected chi connectivity index (χ2v) is 5.29. The quantitative estimate of drug-likeness (QED) is 0.600. The molecule has 0 unspecified atom stereocenters. The monoisotopic (exact) mass is 339 g/mol. The topological polar surface area (TPSA) is 63.8 Å². The zero-order valence-electron chi connectivity index (χ0n) is 13.2. The number of para-hydroxylation sites is 1. The Balaban J connectivity index is 0.00000169. The molecule has 0 spiro atoms. The fourth-order valence-corrected chi connectivity index (χ4v) is 2.59. The fraction of sp³-hybridized carbons (Fsp3) is 0.167. The minimum absolute atomic E-state index is 0. The Morgan fingerprint density at radius 3 is 2.67 bits per heavy atom. The first-order valence-electron chi connectivity index (χ1n) is 7.67. The summed E-state index contributed by atoms with van der Waals surface area (Å²) >= 11 is 0. The van der Waals surface area contributed by atoms with Gasteiger partial charge in [0, 0.05) is 18.0 Å². The molecule has 0 aliphatic rings. The van der Waals surface area contributed by atoms with Crippen LogP contribution in [0.3, 0.4) is 0 Å². The van der Waals surface area contributed by atoms with Crippen LogP contribution in [0, 0.1) is 0 Å². The number of halogens is 1. The number of nitrogens with zero attached hydrogens (tertiary/aromatic N) is 3. The Bertz CT molecular complexity index is 969. The Labute approximate surface area is 145 Å². The van der Waals surface area contributed by atoms with Gasteiger partial charge in [-0.1, -0.05) is 25.1 Å². The van der Waals surface area contributed by atoms with Crippen LogP contribution in [-0.4, -0.2) is 15.0 Å². The molecule has 1 N–H and O–H groups in total. The first-order valence-corrected chi connectivity index (χ1v) is 7.67. The van der Waals surface area contributed by atoms with Crippen molar-refractivity contribution in [3.63, 3.8) is 0 Å². The fourth-order valence-electron chi connectivity index (χ4n) is 2.59. The SMILES string of the molecule is CCc1nc(NCc2ccccn2)c2oc3ccccc3c2n1.[Cl-]. The summed E-state index contributed by atoms with van der Waals surface area (Å²) in [7, 11) is 0. The van der Waals surface area contributed by atoms with Crippen molar-refractivity contribution in [3.05, 3.63) is 60.2 Å².